The number of amides is 1. The first-order valence-corrected chi connectivity index (χ1v) is 9.50. The average Bonchev–Trinajstić information content (AvgIpc) is 3.01. The normalized spacial score (nSPS) is 12.0. The molecular formula is C15H19ClN4O2S2. The number of rotatable bonds is 9. The molecule has 2 N–H and O–H groups in total. The van der Waals surface area contributed by atoms with Crippen molar-refractivity contribution in [2.45, 2.75) is 17.3 Å². The number of carbonyl (C=O) groups excluding carboxylic acids is 1. The molecule has 24 heavy (non-hydrogen) atoms. The molecule has 9 heteroatoms. The Labute approximate surface area is 154 Å². The van der Waals surface area contributed by atoms with Crippen LogP contribution in [-0.4, -0.2) is 42.1 Å². The van der Waals surface area contributed by atoms with E-state index in [2.05, 4.69) is 20.8 Å². The summed E-state index contributed by atoms with van der Waals surface area (Å²) < 4.78 is 5.71. The minimum absolute atomic E-state index is 0.0587. The highest BCUT2D eigenvalue weighted by molar-refractivity contribution is 8.01. The summed E-state index contributed by atoms with van der Waals surface area (Å²) >= 11 is 8.75. The highest BCUT2D eigenvalue weighted by Crippen LogP contribution is 2.25. The number of thioether (sulfide) groups is 1. The molecule has 0 unspecified atom stereocenters. The van der Waals surface area contributed by atoms with Gasteiger partial charge in [0.1, 0.15) is 0 Å². The van der Waals surface area contributed by atoms with Crippen molar-refractivity contribution in [3.05, 3.63) is 34.9 Å². The van der Waals surface area contributed by atoms with Crippen LogP contribution in [0.2, 0.25) is 5.02 Å². The molecule has 1 atom stereocenters. The number of benzene rings is 1. The van der Waals surface area contributed by atoms with Gasteiger partial charge in [-0.05, 0) is 24.6 Å². The fourth-order valence-electron chi connectivity index (χ4n) is 1.87. The summed E-state index contributed by atoms with van der Waals surface area (Å²) in [6.07, 6.45) is 0. The lowest BCUT2D eigenvalue weighted by Gasteiger charge is -2.14. The number of nitrogens with zero attached hydrogens (tertiary/aromatic N) is 2. The quantitative estimate of drug-likeness (QED) is 0.509. The van der Waals surface area contributed by atoms with Crippen LogP contribution in [0, 0.1) is 0 Å². The van der Waals surface area contributed by atoms with E-state index in [4.69, 9.17) is 16.3 Å². The Balaban J connectivity index is 1.76. The molecule has 1 amide bonds. The van der Waals surface area contributed by atoms with Gasteiger partial charge in [0, 0.05) is 18.7 Å². The summed E-state index contributed by atoms with van der Waals surface area (Å²) in [5, 5.41) is 15.5. The van der Waals surface area contributed by atoms with E-state index in [1.807, 2.05) is 31.2 Å². The summed E-state index contributed by atoms with van der Waals surface area (Å²) in [4.78, 5) is 12.1. The summed E-state index contributed by atoms with van der Waals surface area (Å²) in [6, 6.07) is 7.37. The number of methoxy groups -OCH3 is 1. The van der Waals surface area contributed by atoms with E-state index in [1.165, 1.54) is 23.1 Å². The summed E-state index contributed by atoms with van der Waals surface area (Å²) in [7, 11) is 1.64. The molecule has 0 aliphatic heterocycles. The fraction of sp³-hybridized carbons (Fsp3) is 0.400. The van der Waals surface area contributed by atoms with E-state index < -0.39 is 0 Å². The first-order chi connectivity index (χ1) is 11.6. The van der Waals surface area contributed by atoms with Crippen LogP contribution in [0.5, 0.6) is 0 Å². The molecule has 1 heterocycles. The molecule has 0 aliphatic carbocycles. The van der Waals surface area contributed by atoms with Crippen LogP contribution >= 0.6 is 34.7 Å². The SMILES string of the molecule is COCCNc1nnc(SCC(=O)N[C@@H](C)c2cccc(Cl)c2)s1. The van der Waals surface area contributed by atoms with Crippen molar-refractivity contribution in [1.29, 1.82) is 0 Å². The van der Waals surface area contributed by atoms with E-state index >= 15 is 0 Å². The molecule has 1 aromatic heterocycles. The maximum atomic E-state index is 12.1. The van der Waals surface area contributed by atoms with Crippen LogP contribution in [0.4, 0.5) is 5.13 Å². The van der Waals surface area contributed by atoms with Gasteiger partial charge in [0.2, 0.25) is 11.0 Å². The second-order valence-corrected chi connectivity index (χ2v) is 7.56. The molecule has 130 valence electrons. The molecule has 0 radical (unpaired) electrons. The van der Waals surface area contributed by atoms with Crippen molar-refractivity contribution in [1.82, 2.24) is 15.5 Å². The van der Waals surface area contributed by atoms with Gasteiger partial charge in [-0.25, -0.2) is 0 Å². The van der Waals surface area contributed by atoms with Gasteiger partial charge in [-0.15, -0.1) is 10.2 Å². The minimum Gasteiger partial charge on any atom is -0.383 e. The molecule has 0 spiro atoms. The number of anilines is 1. The van der Waals surface area contributed by atoms with E-state index in [0.29, 0.717) is 18.2 Å². The van der Waals surface area contributed by atoms with Gasteiger partial charge in [-0.1, -0.05) is 46.8 Å². The Morgan fingerprint density at radius 2 is 2.29 bits per heavy atom. The molecule has 0 bridgehead atoms. The van der Waals surface area contributed by atoms with Crippen molar-refractivity contribution in [2.75, 3.05) is 31.3 Å². The van der Waals surface area contributed by atoms with Gasteiger partial charge in [-0.2, -0.15) is 0 Å². The van der Waals surface area contributed by atoms with E-state index in [9.17, 15) is 4.79 Å². The molecule has 6 nitrogen and oxygen atoms in total. The number of halogens is 1. The highest BCUT2D eigenvalue weighted by atomic mass is 35.5. The number of carbonyl (C=O) groups is 1. The molecule has 2 aromatic rings. The Kier molecular flexibility index (Phi) is 7.77. The highest BCUT2D eigenvalue weighted by Gasteiger charge is 2.12. The maximum absolute atomic E-state index is 12.1. The van der Waals surface area contributed by atoms with Crippen molar-refractivity contribution >= 4 is 45.7 Å². The predicted molar refractivity (Wildman–Crippen MR) is 99.0 cm³/mol. The third-order valence-corrected chi connectivity index (χ3v) is 5.29. The van der Waals surface area contributed by atoms with Crippen molar-refractivity contribution in [3.63, 3.8) is 0 Å². The number of ether oxygens (including phenoxy) is 1. The topological polar surface area (TPSA) is 76.1 Å². The monoisotopic (exact) mass is 386 g/mol. The van der Waals surface area contributed by atoms with E-state index in [-0.39, 0.29) is 17.7 Å². The zero-order valence-corrected chi connectivity index (χ0v) is 15.8. The molecule has 2 rings (SSSR count). The van der Waals surface area contributed by atoms with Gasteiger partial charge in [-0.3, -0.25) is 4.79 Å². The lowest BCUT2D eigenvalue weighted by molar-refractivity contribution is -0.119. The molecule has 0 aliphatic rings. The van der Waals surface area contributed by atoms with Gasteiger partial charge in [0.25, 0.3) is 0 Å². The van der Waals surface area contributed by atoms with Gasteiger partial charge < -0.3 is 15.4 Å². The van der Waals surface area contributed by atoms with Crippen molar-refractivity contribution in [3.8, 4) is 0 Å². The Hall–Kier alpha value is -1.35. The standard InChI is InChI=1S/C15H19ClN4O2S2/c1-10(11-4-3-5-12(16)8-11)18-13(21)9-23-15-20-19-14(24-15)17-6-7-22-2/h3-5,8,10H,6-7,9H2,1-2H3,(H,17,19)(H,18,21)/t10-/m0/s1. The average molecular weight is 387 g/mol. The molecule has 0 fully saturated rings. The lowest BCUT2D eigenvalue weighted by Crippen LogP contribution is -2.28. The van der Waals surface area contributed by atoms with Crippen LogP contribution in [0.25, 0.3) is 0 Å². The smallest absolute Gasteiger partial charge is 0.230 e. The second kappa shape index (κ2) is 9.83. The van der Waals surface area contributed by atoms with Crippen molar-refractivity contribution in [2.24, 2.45) is 0 Å². The van der Waals surface area contributed by atoms with Crippen LogP contribution < -0.4 is 10.6 Å². The maximum Gasteiger partial charge on any atom is 0.230 e. The van der Waals surface area contributed by atoms with E-state index in [0.717, 1.165) is 15.0 Å². The summed E-state index contributed by atoms with van der Waals surface area (Å²) in [5.41, 5.74) is 0.974. The Bertz CT molecular complexity index is 668. The zero-order chi connectivity index (χ0) is 17.4. The third kappa shape index (κ3) is 6.27. The first-order valence-electron chi connectivity index (χ1n) is 7.32. The molecular weight excluding hydrogens is 368 g/mol. The van der Waals surface area contributed by atoms with Gasteiger partial charge in [0.05, 0.1) is 18.4 Å². The number of nitrogens with one attached hydrogen (secondary N) is 2. The van der Waals surface area contributed by atoms with Gasteiger partial charge in [0.15, 0.2) is 4.34 Å². The van der Waals surface area contributed by atoms with Crippen LogP contribution in [0.3, 0.4) is 0 Å². The summed E-state index contributed by atoms with van der Waals surface area (Å²) in [5.74, 6) is 0.231. The zero-order valence-electron chi connectivity index (χ0n) is 13.4. The fourth-order valence-corrected chi connectivity index (χ4v) is 3.66. The Morgan fingerprint density at radius 1 is 1.46 bits per heavy atom. The van der Waals surface area contributed by atoms with Crippen LogP contribution in [0.1, 0.15) is 18.5 Å². The predicted octanol–water partition coefficient (Wildman–Crippen LogP) is 3.22. The van der Waals surface area contributed by atoms with Crippen LogP contribution in [-0.2, 0) is 9.53 Å². The second-order valence-electron chi connectivity index (χ2n) is 4.93. The van der Waals surface area contributed by atoms with E-state index in [1.54, 1.807) is 7.11 Å². The Morgan fingerprint density at radius 3 is 3.04 bits per heavy atom. The first kappa shape index (κ1) is 19.0. The van der Waals surface area contributed by atoms with Crippen LogP contribution in [0.15, 0.2) is 28.6 Å². The molecule has 0 saturated heterocycles. The number of hydrogen-bond donors (Lipinski definition) is 2. The lowest BCUT2D eigenvalue weighted by atomic mass is 10.1. The number of hydrogen-bond acceptors (Lipinski definition) is 7. The number of aromatic nitrogens is 2. The summed E-state index contributed by atoms with van der Waals surface area (Å²) in [6.45, 7) is 3.20. The van der Waals surface area contributed by atoms with Crippen molar-refractivity contribution < 1.29 is 9.53 Å². The third-order valence-electron chi connectivity index (χ3n) is 3.04. The largest absolute Gasteiger partial charge is 0.383 e. The van der Waals surface area contributed by atoms with Gasteiger partial charge >= 0.3 is 0 Å². The minimum atomic E-state index is -0.0995. The molecule has 0 saturated carbocycles. The molecule has 1 aromatic carbocycles.